The van der Waals surface area contributed by atoms with E-state index < -0.39 is 6.10 Å². The number of carbonyl (C=O) groups excluding carboxylic acids is 3. The summed E-state index contributed by atoms with van der Waals surface area (Å²) in [6.45, 7) is 1.69. The number of ether oxygens (including phenoxy) is 1. The standard InChI is InChI=1S/C24H23NO4/c1-14(22(26)15-7-3-2-4-8-15)29-19-10-6-5-9-18(19)25-23(27)20-16-11-12-17(13-16)21(20)24(25)28/h2-10,14,16-17,20-21H,11-13H2,1H3/t14-,16-,17-,20+,21+/m0/s1. The van der Waals surface area contributed by atoms with E-state index in [4.69, 9.17) is 4.74 Å². The van der Waals surface area contributed by atoms with E-state index in [1.807, 2.05) is 18.2 Å². The molecule has 5 atom stereocenters. The molecule has 29 heavy (non-hydrogen) atoms. The minimum absolute atomic E-state index is 0.106. The first-order valence-corrected chi connectivity index (χ1v) is 10.3. The van der Waals surface area contributed by atoms with Gasteiger partial charge >= 0.3 is 0 Å². The molecule has 148 valence electrons. The number of fused-ring (bicyclic) bond motifs is 5. The third kappa shape index (κ3) is 2.79. The Balaban J connectivity index is 1.42. The van der Waals surface area contributed by atoms with Crippen molar-refractivity contribution >= 4 is 23.3 Å². The van der Waals surface area contributed by atoms with Gasteiger partial charge in [0.15, 0.2) is 6.10 Å². The maximum atomic E-state index is 13.2. The largest absolute Gasteiger partial charge is 0.480 e. The molecule has 0 spiro atoms. The van der Waals surface area contributed by atoms with Crippen LogP contribution in [0.1, 0.15) is 36.5 Å². The van der Waals surface area contributed by atoms with Crippen LogP contribution >= 0.6 is 0 Å². The normalized spacial score (nSPS) is 28.5. The van der Waals surface area contributed by atoms with Crippen molar-refractivity contribution in [3.05, 3.63) is 60.2 Å². The van der Waals surface area contributed by atoms with Crippen LogP contribution in [0.15, 0.2) is 54.6 Å². The fourth-order valence-electron chi connectivity index (χ4n) is 5.47. The van der Waals surface area contributed by atoms with Crippen LogP contribution in [0, 0.1) is 23.7 Å². The average molecular weight is 389 g/mol. The number of imide groups is 1. The lowest BCUT2D eigenvalue weighted by atomic mass is 9.81. The van der Waals surface area contributed by atoms with Gasteiger partial charge < -0.3 is 4.74 Å². The predicted molar refractivity (Wildman–Crippen MR) is 108 cm³/mol. The molecule has 0 unspecified atom stereocenters. The summed E-state index contributed by atoms with van der Waals surface area (Å²) in [7, 11) is 0. The molecule has 3 fully saturated rings. The Morgan fingerprint density at radius 2 is 1.52 bits per heavy atom. The molecular formula is C24H23NO4. The van der Waals surface area contributed by atoms with Gasteiger partial charge in [-0.1, -0.05) is 42.5 Å². The zero-order valence-corrected chi connectivity index (χ0v) is 16.3. The zero-order valence-electron chi connectivity index (χ0n) is 16.3. The second-order valence-corrected chi connectivity index (χ2v) is 8.35. The van der Waals surface area contributed by atoms with E-state index in [1.165, 1.54) is 4.90 Å². The molecule has 2 amide bonds. The summed E-state index contributed by atoms with van der Waals surface area (Å²) in [6, 6.07) is 16.0. The molecule has 1 saturated heterocycles. The van der Waals surface area contributed by atoms with Gasteiger partial charge in [0.2, 0.25) is 17.6 Å². The van der Waals surface area contributed by atoms with Crippen LogP contribution in [0.3, 0.4) is 0 Å². The molecular weight excluding hydrogens is 366 g/mol. The van der Waals surface area contributed by atoms with Crippen molar-refractivity contribution in [1.29, 1.82) is 0 Å². The van der Waals surface area contributed by atoms with Crippen LogP contribution < -0.4 is 9.64 Å². The van der Waals surface area contributed by atoms with E-state index in [0.29, 0.717) is 28.8 Å². The Morgan fingerprint density at radius 3 is 2.17 bits per heavy atom. The third-order valence-corrected chi connectivity index (χ3v) is 6.76. The Hall–Kier alpha value is -2.95. The van der Waals surface area contributed by atoms with Crippen molar-refractivity contribution in [3.63, 3.8) is 0 Å². The van der Waals surface area contributed by atoms with Crippen molar-refractivity contribution in [2.75, 3.05) is 4.90 Å². The number of hydrogen-bond acceptors (Lipinski definition) is 4. The summed E-state index contributed by atoms with van der Waals surface area (Å²) < 4.78 is 5.97. The van der Waals surface area contributed by atoms with Crippen LogP contribution in [0.4, 0.5) is 5.69 Å². The van der Waals surface area contributed by atoms with Gasteiger partial charge in [-0.05, 0) is 50.2 Å². The van der Waals surface area contributed by atoms with Crippen LogP contribution in [0.2, 0.25) is 0 Å². The Labute approximate surface area is 169 Å². The van der Waals surface area contributed by atoms with Gasteiger partial charge in [0.05, 0.1) is 17.5 Å². The highest BCUT2D eigenvalue weighted by Gasteiger charge is 2.61. The van der Waals surface area contributed by atoms with Crippen LogP contribution in [-0.4, -0.2) is 23.7 Å². The van der Waals surface area contributed by atoms with Gasteiger partial charge in [-0.25, -0.2) is 4.90 Å². The molecule has 5 heteroatoms. The van der Waals surface area contributed by atoms with Gasteiger partial charge in [-0.15, -0.1) is 0 Å². The number of anilines is 1. The lowest BCUT2D eigenvalue weighted by molar-refractivity contribution is -0.123. The summed E-state index contributed by atoms with van der Waals surface area (Å²) in [6.07, 6.45) is 2.35. The second kappa shape index (κ2) is 6.83. The molecule has 0 radical (unpaired) electrons. The smallest absolute Gasteiger partial charge is 0.238 e. The van der Waals surface area contributed by atoms with E-state index in [9.17, 15) is 14.4 Å². The summed E-state index contributed by atoms with van der Waals surface area (Å²) in [5.41, 5.74) is 1.01. The van der Waals surface area contributed by atoms with Crippen molar-refractivity contribution in [2.45, 2.75) is 32.3 Å². The Morgan fingerprint density at radius 1 is 0.931 bits per heavy atom. The van der Waals surface area contributed by atoms with Crippen LogP contribution in [0.25, 0.3) is 0 Å². The maximum Gasteiger partial charge on any atom is 0.238 e. The average Bonchev–Trinajstić information content (AvgIpc) is 3.42. The van der Waals surface area contributed by atoms with E-state index in [0.717, 1.165) is 19.3 Å². The molecule has 2 aromatic rings. The molecule has 5 rings (SSSR count). The molecule has 5 nitrogen and oxygen atoms in total. The first kappa shape index (κ1) is 18.1. The Bertz CT molecular complexity index is 957. The predicted octanol–water partition coefficient (Wildman–Crippen LogP) is 3.87. The Kier molecular flexibility index (Phi) is 4.26. The van der Waals surface area contributed by atoms with Crippen LogP contribution in [0.5, 0.6) is 5.75 Å². The molecule has 2 saturated carbocycles. The maximum absolute atomic E-state index is 13.2. The van der Waals surface area contributed by atoms with Gasteiger partial charge in [0.25, 0.3) is 0 Å². The number of benzene rings is 2. The number of nitrogens with zero attached hydrogens (tertiary/aromatic N) is 1. The first-order chi connectivity index (χ1) is 14.1. The second-order valence-electron chi connectivity index (χ2n) is 8.35. The fourth-order valence-corrected chi connectivity index (χ4v) is 5.47. The minimum Gasteiger partial charge on any atom is -0.480 e. The van der Waals surface area contributed by atoms with Crippen LogP contribution in [-0.2, 0) is 9.59 Å². The number of Topliss-reactive ketones (excluding diaryl/α,β-unsaturated/α-hetero) is 1. The highest BCUT2D eigenvalue weighted by atomic mass is 16.5. The van der Waals surface area contributed by atoms with E-state index in [-0.39, 0.29) is 29.4 Å². The number of ketones is 1. The van der Waals surface area contributed by atoms with Crippen molar-refractivity contribution in [1.82, 2.24) is 0 Å². The van der Waals surface area contributed by atoms with Crippen molar-refractivity contribution in [2.24, 2.45) is 23.7 Å². The molecule has 0 N–H and O–H groups in total. The summed E-state index contributed by atoms with van der Waals surface area (Å²) in [5, 5.41) is 0. The molecule has 2 aromatic carbocycles. The zero-order chi connectivity index (χ0) is 20.1. The van der Waals surface area contributed by atoms with E-state index in [2.05, 4.69) is 0 Å². The number of rotatable bonds is 5. The monoisotopic (exact) mass is 389 g/mol. The number of carbonyl (C=O) groups is 3. The van der Waals surface area contributed by atoms with Crippen molar-refractivity contribution in [3.8, 4) is 5.75 Å². The van der Waals surface area contributed by atoms with Gasteiger partial charge in [-0.2, -0.15) is 0 Å². The van der Waals surface area contributed by atoms with Gasteiger partial charge in [-0.3, -0.25) is 14.4 Å². The minimum atomic E-state index is -0.734. The number of hydrogen-bond donors (Lipinski definition) is 0. The van der Waals surface area contributed by atoms with Crippen molar-refractivity contribution < 1.29 is 19.1 Å². The topological polar surface area (TPSA) is 63.7 Å². The SMILES string of the molecule is C[C@H](Oc1ccccc1N1C(=O)[C@@H]2[C@H]3CC[C@@H](C3)[C@H]2C1=O)C(=O)c1ccccc1. The molecule has 1 aliphatic heterocycles. The number of para-hydroxylation sites is 2. The lowest BCUT2D eigenvalue weighted by Gasteiger charge is -2.22. The summed E-state index contributed by atoms with van der Waals surface area (Å²) in [5.74, 6) is 0.329. The highest BCUT2D eigenvalue weighted by molar-refractivity contribution is 6.23. The highest BCUT2D eigenvalue weighted by Crippen LogP contribution is 2.57. The molecule has 2 bridgehead atoms. The number of amides is 2. The van der Waals surface area contributed by atoms with E-state index in [1.54, 1.807) is 43.3 Å². The molecule has 0 aromatic heterocycles. The summed E-state index contributed by atoms with van der Waals surface area (Å²) >= 11 is 0. The fraction of sp³-hybridized carbons (Fsp3) is 0.375. The first-order valence-electron chi connectivity index (χ1n) is 10.3. The van der Waals surface area contributed by atoms with E-state index >= 15 is 0 Å². The quantitative estimate of drug-likeness (QED) is 0.575. The third-order valence-electron chi connectivity index (χ3n) is 6.76. The lowest BCUT2D eigenvalue weighted by Crippen LogP contribution is -2.34. The van der Waals surface area contributed by atoms with Gasteiger partial charge in [0.1, 0.15) is 5.75 Å². The molecule has 2 aliphatic carbocycles. The van der Waals surface area contributed by atoms with Gasteiger partial charge in [0, 0.05) is 5.56 Å². The summed E-state index contributed by atoms with van der Waals surface area (Å²) in [4.78, 5) is 40.3. The molecule has 1 heterocycles. The molecule has 3 aliphatic rings.